The summed E-state index contributed by atoms with van der Waals surface area (Å²) in [5.41, 5.74) is -0.590. The maximum absolute atomic E-state index is 14.3. The molecule has 1 aliphatic heterocycles. The number of hydrogen-bond acceptors (Lipinski definition) is 8. The Morgan fingerprint density at radius 3 is 2.58 bits per heavy atom. The van der Waals surface area contributed by atoms with Gasteiger partial charge in [-0.25, -0.2) is 13.2 Å². The molecular weight excluding hydrogens is 523 g/mol. The summed E-state index contributed by atoms with van der Waals surface area (Å²) in [4.78, 5) is 39.0. The third-order valence-corrected chi connectivity index (χ3v) is 6.80. The van der Waals surface area contributed by atoms with Crippen LogP contribution in [0.1, 0.15) is 19.8 Å². The fourth-order valence-corrected chi connectivity index (χ4v) is 4.77. The number of carbonyl (C=O) groups excluding carboxylic acids is 2. The number of alkyl halides is 2. The molecular formula is C24H24F3N7O3S. The summed E-state index contributed by atoms with van der Waals surface area (Å²) in [6.45, 7) is 1.50. The van der Waals surface area contributed by atoms with Crippen molar-refractivity contribution in [3.8, 4) is 12.1 Å². The number of nitrogens with zero attached hydrogens (tertiary/aromatic N) is 4. The molecule has 3 rings (SSSR count). The van der Waals surface area contributed by atoms with Gasteiger partial charge in [0.1, 0.15) is 27.6 Å². The van der Waals surface area contributed by atoms with Crippen LogP contribution in [0, 0.1) is 28.5 Å². The molecule has 38 heavy (non-hydrogen) atoms. The Balaban J connectivity index is 1.80. The summed E-state index contributed by atoms with van der Waals surface area (Å²) in [6.07, 6.45) is 0.649. The zero-order chi connectivity index (χ0) is 27.9. The number of piperidine rings is 1. The Kier molecular flexibility index (Phi) is 9.28. The minimum absolute atomic E-state index is 0.0580. The molecule has 10 nitrogen and oxygen atoms in total. The molecule has 2 amide bonds. The number of hydrogen-bond donors (Lipinski definition) is 3. The Hall–Kier alpha value is -4.14. The summed E-state index contributed by atoms with van der Waals surface area (Å²) >= 11 is 0.888. The molecule has 1 saturated heterocycles. The molecule has 0 aliphatic carbocycles. The number of anilines is 2. The van der Waals surface area contributed by atoms with Crippen molar-refractivity contribution in [2.24, 2.45) is 0 Å². The normalized spacial score (nSPS) is 16.2. The van der Waals surface area contributed by atoms with Gasteiger partial charge >= 0.3 is 0 Å². The number of halogens is 3. The third kappa shape index (κ3) is 7.00. The number of carbonyl (C=O) groups is 2. The summed E-state index contributed by atoms with van der Waals surface area (Å²) < 4.78 is 42.5. The third-order valence-electron chi connectivity index (χ3n) is 5.67. The lowest BCUT2D eigenvalue weighted by Gasteiger charge is -2.31. The van der Waals surface area contributed by atoms with Crippen LogP contribution < -0.4 is 30.7 Å². The molecule has 3 N–H and O–H groups in total. The van der Waals surface area contributed by atoms with Crippen molar-refractivity contribution in [2.75, 3.05) is 36.8 Å². The minimum Gasteiger partial charge on any atom is -0.360 e. The fourth-order valence-electron chi connectivity index (χ4n) is 3.69. The predicted molar refractivity (Wildman–Crippen MR) is 135 cm³/mol. The summed E-state index contributed by atoms with van der Waals surface area (Å²) in [5.74, 6) is -4.79. The molecule has 0 unspecified atom stereocenters. The van der Waals surface area contributed by atoms with Crippen LogP contribution in [0.25, 0.3) is 11.8 Å². The van der Waals surface area contributed by atoms with Crippen molar-refractivity contribution in [1.82, 2.24) is 14.8 Å². The number of aromatic nitrogens is 1. The highest BCUT2D eigenvalue weighted by atomic mass is 32.1. The first-order valence-electron chi connectivity index (χ1n) is 11.5. The minimum atomic E-state index is -2.74. The van der Waals surface area contributed by atoms with Gasteiger partial charge in [-0.2, -0.15) is 10.5 Å². The molecule has 1 aromatic heterocycles. The van der Waals surface area contributed by atoms with E-state index in [1.165, 1.54) is 22.9 Å². The highest BCUT2D eigenvalue weighted by Crippen LogP contribution is 2.27. The first kappa shape index (κ1) is 28.4. The molecule has 0 atom stereocenters. The first-order valence-corrected chi connectivity index (χ1v) is 12.4. The number of rotatable bonds is 8. The zero-order valence-electron chi connectivity index (χ0n) is 20.3. The lowest BCUT2D eigenvalue weighted by molar-refractivity contribution is -0.119. The van der Waals surface area contributed by atoms with Gasteiger partial charge in [0, 0.05) is 44.4 Å². The smallest absolute Gasteiger partial charge is 0.270 e. The standard InChI is InChI=1S/C24H24F3N7O3S/c1-2-34-22(37)19(38-23(34)16(12-29)21(36)30-8-7-28)13-31-15-3-4-17(25)18(11-15)32-20(35)14-33-9-5-24(26,27)6-10-33/h3-4,11,13,31H,2,5-6,8-10,14H2,1H3,(H,30,36)(H,32,35). The Morgan fingerprint density at radius 2 is 1.95 bits per heavy atom. The van der Waals surface area contributed by atoms with Crippen LogP contribution >= 0.6 is 11.3 Å². The van der Waals surface area contributed by atoms with Gasteiger partial charge in [-0.15, -0.1) is 11.3 Å². The summed E-state index contributed by atoms with van der Waals surface area (Å²) in [5, 5.41) is 25.7. The quantitative estimate of drug-likeness (QED) is 0.417. The van der Waals surface area contributed by atoms with Crippen LogP contribution in [-0.4, -0.2) is 53.4 Å². The van der Waals surface area contributed by atoms with E-state index < -0.39 is 29.1 Å². The lowest BCUT2D eigenvalue weighted by Crippen LogP contribution is -2.43. The van der Waals surface area contributed by atoms with Gasteiger partial charge in [0.2, 0.25) is 5.91 Å². The molecule has 0 radical (unpaired) electrons. The van der Waals surface area contributed by atoms with E-state index in [0.717, 1.165) is 17.4 Å². The van der Waals surface area contributed by atoms with Gasteiger partial charge in [0.25, 0.3) is 17.4 Å². The lowest BCUT2D eigenvalue weighted by atomic mass is 10.1. The second-order valence-electron chi connectivity index (χ2n) is 8.31. The maximum atomic E-state index is 14.3. The summed E-state index contributed by atoms with van der Waals surface area (Å²) in [7, 11) is 0. The van der Waals surface area contributed by atoms with Gasteiger partial charge in [0.05, 0.1) is 18.3 Å². The van der Waals surface area contributed by atoms with Gasteiger partial charge in [-0.3, -0.25) is 23.9 Å². The van der Waals surface area contributed by atoms with Crippen molar-refractivity contribution in [3.05, 3.63) is 43.6 Å². The molecule has 0 spiro atoms. The maximum Gasteiger partial charge on any atom is 0.270 e. The molecule has 200 valence electrons. The number of nitrogens with one attached hydrogen (secondary N) is 3. The molecule has 1 aromatic carbocycles. The number of amides is 2. The highest BCUT2D eigenvalue weighted by molar-refractivity contribution is 7.07. The van der Waals surface area contributed by atoms with Gasteiger partial charge in [-0.05, 0) is 25.1 Å². The van der Waals surface area contributed by atoms with Crippen LogP contribution in [0.4, 0.5) is 24.5 Å². The van der Waals surface area contributed by atoms with Gasteiger partial charge in [0.15, 0.2) is 5.57 Å². The Morgan fingerprint density at radius 1 is 1.24 bits per heavy atom. The van der Waals surface area contributed by atoms with Crippen LogP contribution in [0.5, 0.6) is 0 Å². The van der Waals surface area contributed by atoms with Crippen molar-refractivity contribution >= 4 is 46.3 Å². The van der Waals surface area contributed by atoms with E-state index in [0.29, 0.717) is 5.69 Å². The van der Waals surface area contributed by atoms with E-state index in [1.807, 2.05) is 0 Å². The molecule has 2 aromatic rings. The fraction of sp³-hybridized carbons (Fsp3) is 0.375. The average Bonchev–Trinajstić information content (AvgIpc) is 3.19. The second-order valence-corrected chi connectivity index (χ2v) is 9.34. The van der Waals surface area contributed by atoms with Crippen molar-refractivity contribution in [1.29, 1.82) is 10.5 Å². The van der Waals surface area contributed by atoms with Crippen molar-refractivity contribution in [3.63, 3.8) is 0 Å². The SMILES string of the molecule is CCn1c(=C(C#N)C(=O)NCC#N)sc(=CNc2ccc(F)c(NC(=O)CN3CCC(F)(F)CC3)c2)c1=O. The van der Waals surface area contributed by atoms with Gasteiger partial charge in [-0.1, -0.05) is 0 Å². The monoisotopic (exact) mass is 547 g/mol. The zero-order valence-corrected chi connectivity index (χ0v) is 21.1. The van der Waals surface area contributed by atoms with Gasteiger partial charge < -0.3 is 16.0 Å². The Bertz CT molecular complexity index is 1480. The number of nitriles is 2. The predicted octanol–water partition coefficient (Wildman–Crippen LogP) is 0.903. The second kappa shape index (κ2) is 12.4. The van der Waals surface area contributed by atoms with E-state index in [4.69, 9.17) is 5.26 Å². The van der Waals surface area contributed by atoms with Crippen LogP contribution in [-0.2, 0) is 16.1 Å². The van der Waals surface area contributed by atoms with Crippen molar-refractivity contribution in [2.45, 2.75) is 32.2 Å². The molecule has 0 saturated carbocycles. The van der Waals surface area contributed by atoms with E-state index >= 15 is 0 Å². The number of thiazole rings is 1. The number of benzene rings is 1. The van der Waals surface area contributed by atoms with E-state index in [2.05, 4.69) is 16.0 Å². The molecule has 1 aliphatic rings. The van der Waals surface area contributed by atoms with Crippen LogP contribution in [0.3, 0.4) is 0 Å². The van der Waals surface area contributed by atoms with Crippen LogP contribution in [0.2, 0.25) is 0 Å². The highest BCUT2D eigenvalue weighted by Gasteiger charge is 2.34. The van der Waals surface area contributed by atoms with Crippen LogP contribution in [0.15, 0.2) is 23.0 Å². The topological polar surface area (TPSA) is 143 Å². The molecule has 14 heteroatoms. The summed E-state index contributed by atoms with van der Waals surface area (Å²) in [6, 6.07) is 7.30. The molecule has 2 heterocycles. The molecule has 1 fully saturated rings. The van der Waals surface area contributed by atoms with E-state index in [9.17, 15) is 32.8 Å². The largest absolute Gasteiger partial charge is 0.360 e. The Labute approximate surface area is 219 Å². The van der Waals surface area contributed by atoms with E-state index in [-0.39, 0.29) is 66.0 Å². The number of likely N-dealkylation sites (tertiary alicyclic amines) is 1. The molecule has 0 bridgehead atoms. The average molecular weight is 548 g/mol. The first-order chi connectivity index (χ1) is 18.1. The van der Waals surface area contributed by atoms with Crippen molar-refractivity contribution < 1.29 is 22.8 Å². The van der Waals surface area contributed by atoms with E-state index in [1.54, 1.807) is 24.0 Å².